The normalized spacial score (nSPS) is 15.3. The third kappa shape index (κ3) is 5.58. The molecule has 8 nitrogen and oxygen atoms in total. The molecule has 0 saturated carbocycles. The molecule has 9 heteroatoms. The fraction of sp³-hybridized carbons (Fsp3) is 0.333. The quantitative estimate of drug-likeness (QED) is 0.679. The van der Waals surface area contributed by atoms with Gasteiger partial charge in [0, 0.05) is 24.5 Å². The molecule has 160 valence electrons. The van der Waals surface area contributed by atoms with E-state index in [9.17, 15) is 18.0 Å². The summed E-state index contributed by atoms with van der Waals surface area (Å²) >= 11 is 0. The van der Waals surface area contributed by atoms with Crippen LogP contribution in [0.5, 0.6) is 0 Å². The maximum atomic E-state index is 12.4. The second-order valence-corrected chi connectivity index (χ2v) is 8.76. The number of nitrogens with zero attached hydrogens (tertiary/aromatic N) is 1. The summed E-state index contributed by atoms with van der Waals surface area (Å²) in [5.41, 5.74) is 1.85. The molecule has 0 bridgehead atoms. The Bertz CT molecular complexity index is 998. The number of carbonyl (C=O) groups is 2. The van der Waals surface area contributed by atoms with Gasteiger partial charge < -0.3 is 15.0 Å². The van der Waals surface area contributed by atoms with Crippen molar-refractivity contribution in [3.05, 3.63) is 54.1 Å². The third-order valence-electron chi connectivity index (χ3n) is 4.93. The molecule has 30 heavy (non-hydrogen) atoms. The highest BCUT2D eigenvalue weighted by atomic mass is 32.2. The van der Waals surface area contributed by atoms with Gasteiger partial charge in [0.1, 0.15) is 0 Å². The molecule has 1 amide bonds. The number of nitrogens with one attached hydrogen (secondary N) is 1. The molecule has 0 aromatic heterocycles. The van der Waals surface area contributed by atoms with Crippen molar-refractivity contribution in [3.8, 4) is 0 Å². The van der Waals surface area contributed by atoms with Crippen LogP contribution in [-0.2, 0) is 19.6 Å². The molecule has 0 unspecified atom stereocenters. The minimum Gasteiger partial charge on any atom is -0.449 e. The van der Waals surface area contributed by atoms with Crippen molar-refractivity contribution in [3.63, 3.8) is 0 Å². The molecule has 3 N–H and O–H groups in total. The molecule has 1 saturated heterocycles. The van der Waals surface area contributed by atoms with Crippen LogP contribution in [0, 0.1) is 0 Å². The molecule has 1 atom stereocenters. The fourth-order valence-electron chi connectivity index (χ4n) is 3.21. The van der Waals surface area contributed by atoms with E-state index in [2.05, 4.69) is 10.2 Å². The second kappa shape index (κ2) is 9.27. The van der Waals surface area contributed by atoms with E-state index in [0.717, 1.165) is 18.8 Å². The number of rotatable bonds is 6. The number of sulfonamides is 1. The second-order valence-electron chi connectivity index (χ2n) is 7.20. The van der Waals surface area contributed by atoms with Gasteiger partial charge in [0.05, 0.1) is 10.5 Å². The summed E-state index contributed by atoms with van der Waals surface area (Å²) in [5, 5.41) is 7.76. The Morgan fingerprint density at radius 2 is 1.60 bits per heavy atom. The van der Waals surface area contributed by atoms with Crippen LogP contribution in [0.2, 0.25) is 0 Å². The summed E-state index contributed by atoms with van der Waals surface area (Å²) in [6.45, 7) is 3.54. The number of hydrogen-bond donors (Lipinski definition) is 2. The summed E-state index contributed by atoms with van der Waals surface area (Å²) in [5.74, 6) is -1.20. The summed E-state index contributed by atoms with van der Waals surface area (Å²) in [4.78, 5) is 26.8. The predicted molar refractivity (Wildman–Crippen MR) is 114 cm³/mol. The van der Waals surface area contributed by atoms with E-state index in [4.69, 9.17) is 9.88 Å². The van der Waals surface area contributed by atoms with Crippen molar-refractivity contribution in [1.82, 2.24) is 0 Å². The molecule has 1 aliphatic heterocycles. The average molecular weight is 432 g/mol. The van der Waals surface area contributed by atoms with Crippen molar-refractivity contribution in [2.24, 2.45) is 5.14 Å². The van der Waals surface area contributed by atoms with Crippen LogP contribution < -0.4 is 15.4 Å². The minimum atomic E-state index is -3.85. The summed E-state index contributed by atoms with van der Waals surface area (Å²) < 4.78 is 27.7. The number of piperidine rings is 1. The predicted octanol–water partition coefficient (Wildman–Crippen LogP) is 2.51. The van der Waals surface area contributed by atoms with Crippen molar-refractivity contribution in [2.45, 2.75) is 37.2 Å². The number of esters is 1. The van der Waals surface area contributed by atoms with E-state index in [0.29, 0.717) is 5.69 Å². The average Bonchev–Trinajstić information content (AvgIpc) is 2.74. The van der Waals surface area contributed by atoms with Crippen LogP contribution in [0.1, 0.15) is 36.5 Å². The van der Waals surface area contributed by atoms with Gasteiger partial charge in [0.25, 0.3) is 5.91 Å². The van der Waals surface area contributed by atoms with Gasteiger partial charge >= 0.3 is 5.97 Å². The number of amides is 1. The molecular formula is C21H25N3O5S. The van der Waals surface area contributed by atoms with Gasteiger partial charge in [-0.05, 0) is 74.7 Å². The maximum absolute atomic E-state index is 12.4. The summed E-state index contributed by atoms with van der Waals surface area (Å²) in [6, 6.07) is 12.6. The highest BCUT2D eigenvalue weighted by Crippen LogP contribution is 2.22. The van der Waals surface area contributed by atoms with Crippen LogP contribution >= 0.6 is 0 Å². The van der Waals surface area contributed by atoms with E-state index < -0.39 is 28.0 Å². The molecule has 1 fully saturated rings. The fourth-order valence-corrected chi connectivity index (χ4v) is 3.73. The standard InChI is InChI=1S/C21H25N3O5S/c1-15(29-21(26)16-5-11-19(12-6-16)30(22,27)28)20(25)23-17-7-9-18(10-8-17)24-13-3-2-4-14-24/h5-12,15H,2-4,13-14H2,1H3,(H,23,25)(H2,22,27,28)/t15-/m1/s1. The van der Waals surface area contributed by atoms with Crippen LogP contribution in [0.25, 0.3) is 0 Å². The number of ether oxygens (including phenoxy) is 1. The van der Waals surface area contributed by atoms with E-state index >= 15 is 0 Å². The molecule has 1 heterocycles. The van der Waals surface area contributed by atoms with Crippen molar-refractivity contribution < 1.29 is 22.7 Å². The lowest BCUT2D eigenvalue weighted by atomic mass is 10.1. The van der Waals surface area contributed by atoms with E-state index in [1.165, 1.54) is 50.5 Å². The Labute approximate surface area is 176 Å². The van der Waals surface area contributed by atoms with E-state index in [1.54, 1.807) is 0 Å². The number of anilines is 2. The molecule has 1 aliphatic rings. The molecule has 0 spiro atoms. The lowest BCUT2D eigenvalue weighted by molar-refractivity contribution is -0.123. The molecule has 0 aliphatic carbocycles. The first kappa shape index (κ1) is 21.8. The highest BCUT2D eigenvalue weighted by molar-refractivity contribution is 7.89. The number of primary sulfonamides is 1. The monoisotopic (exact) mass is 431 g/mol. The van der Waals surface area contributed by atoms with Gasteiger partial charge in [-0.15, -0.1) is 0 Å². The van der Waals surface area contributed by atoms with Crippen molar-refractivity contribution in [2.75, 3.05) is 23.3 Å². The van der Waals surface area contributed by atoms with Crippen LogP contribution in [0.4, 0.5) is 11.4 Å². The lowest BCUT2D eigenvalue weighted by Crippen LogP contribution is -2.30. The van der Waals surface area contributed by atoms with Crippen molar-refractivity contribution >= 4 is 33.3 Å². The Kier molecular flexibility index (Phi) is 6.73. The number of carbonyl (C=O) groups excluding carboxylic acids is 2. The molecular weight excluding hydrogens is 406 g/mol. The first-order valence-electron chi connectivity index (χ1n) is 9.74. The Morgan fingerprint density at radius 3 is 2.17 bits per heavy atom. The van der Waals surface area contributed by atoms with Gasteiger partial charge in [0.2, 0.25) is 10.0 Å². The zero-order valence-electron chi connectivity index (χ0n) is 16.7. The Balaban J connectivity index is 1.55. The molecule has 0 radical (unpaired) electrons. The zero-order chi connectivity index (χ0) is 21.7. The lowest BCUT2D eigenvalue weighted by Gasteiger charge is -2.28. The Hall–Kier alpha value is -2.91. The van der Waals surface area contributed by atoms with Gasteiger partial charge in [-0.1, -0.05) is 0 Å². The summed E-state index contributed by atoms with van der Waals surface area (Å²) in [7, 11) is -3.85. The number of hydrogen-bond acceptors (Lipinski definition) is 6. The molecule has 3 rings (SSSR count). The largest absolute Gasteiger partial charge is 0.449 e. The van der Waals surface area contributed by atoms with Gasteiger partial charge in [-0.25, -0.2) is 18.4 Å². The number of benzene rings is 2. The maximum Gasteiger partial charge on any atom is 0.338 e. The zero-order valence-corrected chi connectivity index (χ0v) is 17.5. The van der Waals surface area contributed by atoms with Crippen LogP contribution in [0.3, 0.4) is 0 Å². The first-order valence-corrected chi connectivity index (χ1v) is 11.3. The van der Waals surface area contributed by atoms with E-state index in [1.807, 2.05) is 24.3 Å². The number of nitrogens with two attached hydrogens (primary N) is 1. The third-order valence-corrected chi connectivity index (χ3v) is 5.86. The highest BCUT2D eigenvalue weighted by Gasteiger charge is 2.20. The summed E-state index contributed by atoms with van der Waals surface area (Å²) in [6.07, 6.45) is 2.60. The topological polar surface area (TPSA) is 119 Å². The van der Waals surface area contributed by atoms with Crippen molar-refractivity contribution in [1.29, 1.82) is 0 Å². The van der Waals surface area contributed by atoms with Gasteiger partial charge in [-0.2, -0.15) is 0 Å². The molecule has 2 aromatic carbocycles. The van der Waals surface area contributed by atoms with Crippen LogP contribution in [-0.4, -0.2) is 39.5 Å². The van der Waals surface area contributed by atoms with E-state index in [-0.39, 0.29) is 10.5 Å². The molecule has 2 aromatic rings. The Morgan fingerprint density at radius 1 is 1.00 bits per heavy atom. The minimum absolute atomic E-state index is 0.113. The van der Waals surface area contributed by atoms with Gasteiger partial charge in [0.15, 0.2) is 6.10 Å². The first-order chi connectivity index (χ1) is 14.2. The SMILES string of the molecule is C[C@@H](OC(=O)c1ccc(S(N)(=O)=O)cc1)C(=O)Nc1ccc(N2CCCCC2)cc1. The van der Waals surface area contributed by atoms with Gasteiger partial charge in [-0.3, -0.25) is 4.79 Å². The van der Waals surface area contributed by atoms with Crippen LogP contribution in [0.15, 0.2) is 53.4 Å². The smallest absolute Gasteiger partial charge is 0.338 e.